The standard InChI is InChI=1S/C18H22N2O4/c21-18(22)9-13-6-7-19-11-14(13)8-15-10-17(24-20-15)12-23-16-4-2-1-3-5-16/h1-5,10,13-14,19H,6-9,11-12H2,(H,21,22)/t13-,14-/m0/s1. The Bertz CT molecular complexity index is 656. The topological polar surface area (TPSA) is 92.0 Å². The minimum atomic E-state index is -0.969. The zero-order valence-corrected chi connectivity index (χ0v) is 13.5. The number of rotatable bonds is 7. The van der Waals surface area contributed by atoms with Gasteiger partial charge in [0.2, 0.25) is 0 Å². The van der Waals surface area contributed by atoms with E-state index in [2.05, 4.69) is 10.5 Å². The molecular formula is C18H22N2O4. The maximum Gasteiger partial charge on any atom is 0.174 e. The van der Waals surface area contributed by atoms with Crippen LogP contribution in [0.5, 0.6) is 5.75 Å². The molecule has 0 spiro atoms. The van der Waals surface area contributed by atoms with Crippen LogP contribution in [0.1, 0.15) is 24.3 Å². The molecule has 24 heavy (non-hydrogen) atoms. The van der Waals surface area contributed by atoms with Gasteiger partial charge in [0, 0.05) is 30.8 Å². The van der Waals surface area contributed by atoms with Crippen molar-refractivity contribution in [2.45, 2.75) is 25.9 Å². The van der Waals surface area contributed by atoms with Gasteiger partial charge in [-0.05, 0) is 24.5 Å². The van der Waals surface area contributed by atoms with Gasteiger partial charge in [-0.2, -0.15) is 0 Å². The Morgan fingerprint density at radius 2 is 2.17 bits per heavy atom. The Morgan fingerprint density at radius 3 is 2.96 bits per heavy atom. The van der Waals surface area contributed by atoms with E-state index in [-0.39, 0.29) is 18.3 Å². The Labute approximate surface area is 140 Å². The number of carboxylic acid groups (broad SMARTS) is 1. The highest BCUT2D eigenvalue weighted by atomic mass is 16.5. The van der Waals surface area contributed by atoms with Crippen LogP contribution < -0.4 is 15.2 Å². The molecule has 128 valence electrons. The summed E-state index contributed by atoms with van der Waals surface area (Å²) in [5, 5.41) is 17.3. The lowest BCUT2D eigenvalue weighted by Gasteiger charge is -2.29. The molecule has 1 saturated heterocycles. The number of para-hydroxylation sites is 1. The lowest BCUT2D eigenvalue weighted by atomic mass is 9.81. The predicted molar refractivity (Wildman–Crippen MR) is 83.9 cm³/mol. The van der Waals surface area contributed by atoms with Crippen LogP contribution in [0.25, 0.3) is 0 Å². The highest BCUT2D eigenvalue weighted by molar-refractivity contribution is 5.64. The van der Waals surface area contributed by atoms with Crippen molar-refractivity contribution in [3.8, 4) is 5.75 Å². The van der Waals surface area contributed by atoms with Gasteiger partial charge in [-0.15, -0.1) is 0 Å². The molecule has 1 aliphatic rings. The fourth-order valence-corrected chi connectivity index (χ4v) is 3.28. The van der Waals surface area contributed by atoms with Crippen molar-refractivity contribution in [2.75, 3.05) is 13.1 Å². The quantitative estimate of drug-likeness (QED) is 0.779. The number of carbonyl (C=O) groups excluding carboxylic acids is 1. The van der Waals surface area contributed by atoms with E-state index < -0.39 is 5.97 Å². The van der Waals surface area contributed by atoms with E-state index >= 15 is 0 Å². The maximum atomic E-state index is 10.9. The number of aliphatic carboxylic acids is 1. The average Bonchev–Trinajstić information content (AvgIpc) is 3.03. The van der Waals surface area contributed by atoms with E-state index in [0.29, 0.717) is 12.4 Å². The summed E-state index contributed by atoms with van der Waals surface area (Å²) >= 11 is 0. The minimum Gasteiger partial charge on any atom is -0.550 e. The molecule has 1 aliphatic heterocycles. The van der Waals surface area contributed by atoms with Gasteiger partial charge in [-0.3, -0.25) is 0 Å². The van der Waals surface area contributed by atoms with E-state index in [4.69, 9.17) is 9.26 Å². The summed E-state index contributed by atoms with van der Waals surface area (Å²) in [4.78, 5) is 10.9. The molecule has 0 unspecified atom stereocenters. The molecule has 0 aliphatic carbocycles. The second-order valence-electron chi connectivity index (χ2n) is 6.29. The molecule has 3 rings (SSSR count). The first kappa shape index (κ1) is 16.5. The third-order valence-corrected chi connectivity index (χ3v) is 4.51. The molecule has 2 aromatic rings. The van der Waals surface area contributed by atoms with Gasteiger partial charge in [0.05, 0.1) is 18.8 Å². The number of quaternary nitrogens is 1. The molecule has 1 fully saturated rings. The molecule has 6 nitrogen and oxygen atoms in total. The second kappa shape index (κ2) is 7.97. The fourth-order valence-electron chi connectivity index (χ4n) is 3.28. The number of carboxylic acids is 1. The first-order valence-electron chi connectivity index (χ1n) is 8.34. The Hall–Kier alpha value is -2.34. The monoisotopic (exact) mass is 330 g/mol. The normalized spacial score (nSPS) is 20.7. The number of carbonyl (C=O) groups is 1. The van der Waals surface area contributed by atoms with Crippen LogP contribution in [0.3, 0.4) is 0 Å². The lowest BCUT2D eigenvalue weighted by molar-refractivity contribution is -0.672. The van der Waals surface area contributed by atoms with Gasteiger partial charge in [-0.1, -0.05) is 23.4 Å². The summed E-state index contributed by atoms with van der Waals surface area (Å²) in [6.45, 7) is 2.22. The smallest absolute Gasteiger partial charge is 0.174 e. The number of nitrogens with two attached hydrogens (primary N) is 1. The Morgan fingerprint density at radius 1 is 1.33 bits per heavy atom. The van der Waals surface area contributed by atoms with Gasteiger partial charge in [0.15, 0.2) is 5.76 Å². The van der Waals surface area contributed by atoms with Crippen molar-refractivity contribution >= 4 is 5.97 Å². The zero-order chi connectivity index (χ0) is 16.8. The summed E-state index contributed by atoms with van der Waals surface area (Å²) in [6, 6.07) is 11.4. The molecule has 0 amide bonds. The summed E-state index contributed by atoms with van der Waals surface area (Å²) in [5.74, 6) is 0.922. The number of hydrogen-bond donors (Lipinski definition) is 1. The number of aromatic nitrogens is 1. The predicted octanol–water partition coefficient (Wildman–Crippen LogP) is 0.136. The lowest BCUT2D eigenvalue weighted by Crippen LogP contribution is -2.88. The highest BCUT2D eigenvalue weighted by Crippen LogP contribution is 2.24. The molecule has 2 atom stereocenters. The van der Waals surface area contributed by atoms with Gasteiger partial charge >= 0.3 is 0 Å². The Balaban J connectivity index is 1.55. The van der Waals surface area contributed by atoms with E-state index in [9.17, 15) is 9.90 Å². The number of piperidine rings is 1. The molecule has 0 radical (unpaired) electrons. The van der Waals surface area contributed by atoms with E-state index in [1.54, 1.807) is 0 Å². The van der Waals surface area contributed by atoms with Gasteiger partial charge in [-0.25, -0.2) is 0 Å². The fraction of sp³-hybridized carbons (Fsp3) is 0.444. The molecule has 1 aromatic heterocycles. The second-order valence-corrected chi connectivity index (χ2v) is 6.29. The summed E-state index contributed by atoms with van der Waals surface area (Å²) < 4.78 is 11.0. The number of hydrogen-bond acceptors (Lipinski definition) is 5. The molecule has 0 bridgehead atoms. The Kier molecular flexibility index (Phi) is 5.48. The first-order chi connectivity index (χ1) is 11.7. The van der Waals surface area contributed by atoms with Crippen molar-refractivity contribution in [1.29, 1.82) is 0 Å². The number of benzene rings is 1. The molecule has 1 aromatic carbocycles. The zero-order valence-electron chi connectivity index (χ0n) is 13.5. The molecular weight excluding hydrogens is 308 g/mol. The van der Waals surface area contributed by atoms with Crippen LogP contribution >= 0.6 is 0 Å². The highest BCUT2D eigenvalue weighted by Gasteiger charge is 2.28. The van der Waals surface area contributed by atoms with Crippen LogP contribution in [0, 0.1) is 11.8 Å². The van der Waals surface area contributed by atoms with Crippen molar-refractivity contribution in [2.24, 2.45) is 11.8 Å². The largest absolute Gasteiger partial charge is 0.550 e. The SMILES string of the molecule is O=C([O-])C[C@@H]1CC[NH2+]C[C@@H]1Cc1cc(COc2ccccc2)on1. The molecule has 6 heteroatoms. The number of nitrogens with zero attached hydrogens (tertiary/aromatic N) is 1. The van der Waals surface area contributed by atoms with Crippen LogP contribution in [0.2, 0.25) is 0 Å². The van der Waals surface area contributed by atoms with Crippen LogP contribution in [-0.2, 0) is 17.8 Å². The van der Waals surface area contributed by atoms with Crippen LogP contribution in [0.4, 0.5) is 0 Å². The van der Waals surface area contributed by atoms with Crippen molar-refractivity contribution in [1.82, 2.24) is 5.16 Å². The average molecular weight is 330 g/mol. The third kappa shape index (κ3) is 4.58. The van der Waals surface area contributed by atoms with E-state index in [0.717, 1.165) is 37.4 Å². The summed E-state index contributed by atoms with van der Waals surface area (Å²) in [7, 11) is 0. The van der Waals surface area contributed by atoms with Gasteiger partial charge < -0.3 is 24.5 Å². The van der Waals surface area contributed by atoms with Crippen molar-refractivity contribution < 1.29 is 24.5 Å². The van der Waals surface area contributed by atoms with Gasteiger partial charge in [0.25, 0.3) is 0 Å². The molecule has 0 saturated carbocycles. The van der Waals surface area contributed by atoms with Crippen LogP contribution in [0.15, 0.2) is 40.9 Å². The molecule has 2 heterocycles. The summed E-state index contributed by atoms with van der Waals surface area (Å²) in [5.41, 5.74) is 0.852. The summed E-state index contributed by atoms with van der Waals surface area (Å²) in [6.07, 6.45) is 1.75. The van der Waals surface area contributed by atoms with Crippen molar-refractivity contribution in [3.63, 3.8) is 0 Å². The van der Waals surface area contributed by atoms with E-state index in [1.807, 2.05) is 36.4 Å². The third-order valence-electron chi connectivity index (χ3n) is 4.51. The maximum absolute atomic E-state index is 10.9. The van der Waals surface area contributed by atoms with Crippen molar-refractivity contribution in [3.05, 3.63) is 47.9 Å². The van der Waals surface area contributed by atoms with Crippen LogP contribution in [-0.4, -0.2) is 24.2 Å². The number of ether oxygens (including phenoxy) is 1. The van der Waals surface area contributed by atoms with E-state index in [1.165, 1.54) is 0 Å². The van der Waals surface area contributed by atoms with Gasteiger partial charge in [0.1, 0.15) is 12.4 Å². The first-order valence-corrected chi connectivity index (χ1v) is 8.34. The minimum absolute atomic E-state index is 0.125. The molecule has 2 N–H and O–H groups in total.